The maximum Gasteiger partial charge on any atom is 0.0428 e. The zero-order valence-electron chi connectivity index (χ0n) is 7.00. The van der Waals surface area contributed by atoms with Gasteiger partial charge in [0.15, 0.2) is 0 Å². The van der Waals surface area contributed by atoms with Crippen molar-refractivity contribution >= 4 is 38.5 Å². The lowest BCUT2D eigenvalue weighted by atomic mass is 10.0. The van der Waals surface area contributed by atoms with E-state index in [1.165, 1.54) is 9.99 Å². The number of rotatable bonds is 3. The van der Waals surface area contributed by atoms with Gasteiger partial charge in [0, 0.05) is 9.25 Å². The van der Waals surface area contributed by atoms with Gasteiger partial charge in [0.2, 0.25) is 0 Å². The Balaban J connectivity index is 2.71. The zero-order chi connectivity index (χ0) is 8.97. The van der Waals surface area contributed by atoms with Gasteiger partial charge in [-0.25, -0.2) is 0 Å². The molecule has 0 heterocycles. The van der Waals surface area contributed by atoms with Gasteiger partial charge in [-0.3, -0.25) is 0 Å². The Hall–Kier alpha value is 0.430. The maximum absolute atomic E-state index is 3.71. The summed E-state index contributed by atoms with van der Waals surface area (Å²) >= 11 is 6.13. The first kappa shape index (κ1) is 10.5. The summed E-state index contributed by atoms with van der Waals surface area (Å²) in [5.41, 5.74) is 1.38. The van der Waals surface area contributed by atoms with Crippen molar-refractivity contribution in [3.63, 3.8) is 0 Å². The van der Waals surface area contributed by atoms with E-state index in [0.29, 0.717) is 10.7 Å². The first-order valence-corrected chi connectivity index (χ1v) is 6.45. The highest BCUT2D eigenvalue weighted by atomic mass is 127. The molecule has 0 fully saturated rings. The van der Waals surface area contributed by atoms with Gasteiger partial charge in [-0.05, 0) is 11.5 Å². The smallest absolute Gasteiger partial charge is 0.0428 e. The Morgan fingerprint density at radius 2 is 1.92 bits per heavy atom. The average Bonchev–Trinajstić information content (AvgIpc) is 2.17. The Morgan fingerprint density at radius 1 is 1.33 bits per heavy atom. The van der Waals surface area contributed by atoms with E-state index in [0.717, 1.165) is 0 Å². The van der Waals surface area contributed by atoms with Crippen LogP contribution in [0.25, 0.3) is 0 Å². The molecular formula is C10H12BrI. The predicted molar refractivity (Wildman–Crippen MR) is 66.2 cm³/mol. The lowest BCUT2D eigenvalue weighted by Gasteiger charge is -2.15. The van der Waals surface area contributed by atoms with Crippen LogP contribution < -0.4 is 0 Å². The minimum Gasteiger partial charge on any atom is -0.0860 e. The van der Waals surface area contributed by atoms with Crippen molar-refractivity contribution in [2.75, 3.05) is 4.43 Å². The van der Waals surface area contributed by atoms with Crippen LogP contribution in [-0.4, -0.2) is 4.43 Å². The molecule has 0 aliphatic rings. The molecule has 0 N–H and O–H groups in total. The molecule has 66 valence electrons. The van der Waals surface area contributed by atoms with E-state index in [1.54, 1.807) is 0 Å². The molecule has 0 nitrogen and oxygen atoms in total. The van der Waals surface area contributed by atoms with Crippen LogP contribution in [0.15, 0.2) is 30.3 Å². The highest BCUT2D eigenvalue weighted by molar-refractivity contribution is 14.1. The largest absolute Gasteiger partial charge is 0.0860 e. The highest BCUT2D eigenvalue weighted by Gasteiger charge is 2.13. The van der Waals surface area contributed by atoms with Gasteiger partial charge in [0.05, 0.1) is 0 Å². The summed E-state index contributed by atoms with van der Waals surface area (Å²) in [6, 6.07) is 10.6. The molecule has 2 heteroatoms. The van der Waals surface area contributed by atoms with Crippen LogP contribution >= 0.6 is 38.5 Å². The molecule has 0 bridgehead atoms. The van der Waals surface area contributed by atoms with Crippen molar-refractivity contribution in [1.82, 2.24) is 0 Å². The molecule has 0 spiro atoms. The summed E-state index contributed by atoms with van der Waals surface area (Å²) in [7, 11) is 0. The number of halogens is 2. The predicted octanol–water partition coefficient (Wildman–Crippen LogP) is 4.19. The van der Waals surface area contributed by atoms with Gasteiger partial charge in [-0.1, -0.05) is 75.8 Å². The van der Waals surface area contributed by atoms with Crippen molar-refractivity contribution in [3.05, 3.63) is 35.9 Å². The summed E-state index contributed by atoms with van der Waals surface area (Å²) in [6.45, 7) is 2.26. The lowest BCUT2D eigenvalue weighted by molar-refractivity contribution is 0.662. The van der Waals surface area contributed by atoms with Gasteiger partial charge in [0.25, 0.3) is 0 Å². The van der Waals surface area contributed by atoms with E-state index in [9.17, 15) is 0 Å². The van der Waals surface area contributed by atoms with E-state index in [4.69, 9.17) is 0 Å². The van der Waals surface area contributed by atoms with Crippen molar-refractivity contribution in [1.29, 1.82) is 0 Å². The summed E-state index contributed by atoms with van der Waals surface area (Å²) in [4.78, 5) is 0.496. The van der Waals surface area contributed by atoms with Crippen LogP contribution in [0, 0.1) is 5.92 Å². The maximum atomic E-state index is 3.71. The third-order valence-corrected chi connectivity index (χ3v) is 4.68. The molecule has 1 rings (SSSR count). The van der Waals surface area contributed by atoms with Crippen LogP contribution in [0.2, 0.25) is 0 Å². The molecule has 0 saturated heterocycles. The van der Waals surface area contributed by atoms with Crippen molar-refractivity contribution in [2.45, 2.75) is 11.8 Å². The SMILES string of the molecule is CC(CI)C(Br)c1ccccc1. The van der Waals surface area contributed by atoms with E-state index in [2.05, 4.69) is 75.8 Å². The lowest BCUT2D eigenvalue weighted by Crippen LogP contribution is -2.03. The molecule has 0 aromatic heterocycles. The average molecular weight is 339 g/mol. The number of hydrogen-bond acceptors (Lipinski definition) is 0. The summed E-state index contributed by atoms with van der Waals surface area (Å²) in [5.74, 6) is 0.688. The number of benzene rings is 1. The van der Waals surface area contributed by atoms with Crippen LogP contribution in [0.5, 0.6) is 0 Å². The molecular weight excluding hydrogens is 327 g/mol. The van der Waals surface area contributed by atoms with E-state index >= 15 is 0 Å². The molecule has 1 aromatic rings. The van der Waals surface area contributed by atoms with Crippen LogP contribution in [0.4, 0.5) is 0 Å². The van der Waals surface area contributed by atoms with Crippen LogP contribution in [0.1, 0.15) is 17.3 Å². The van der Waals surface area contributed by atoms with Gasteiger partial charge in [-0.15, -0.1) is 0 Å². The first-order valence-electron chi connectivity index (χ1n) is 4.00. The minimum atomic E-state index is 0.496. The fourth-order valence-electron chi connectivity index (χ4n) is 1.04. The molecule has 2 atom stereocenters. The fraction of sp³-hybridized carbons (Fsp3) is 0.400. The second-order valence-corrected chi connectivity index (χ2v) is 4.81. The van der Waals surface area contributed by atoms with Crippen LogP contribution in [-0.2, 0) is 0 Å². The molecule has 2 unspecified atom stereocenters. The molecule has 0 saturated carbocycles. The number of hydrogen-bond donors (Lipinski definition) is 0. The van der Waals surface area contributed by atoms with Gasteiger partial charge in [-0.2, -0.15) is 0 Å². The third kappa shape index (κ3) is 2.73. The Labute approximate surface area is 96.0 Å². The Kier molecular flexibility index (Phi) is 4.57. The monoisotopic (exact) mass is 338 g/mol. The van der Waals surface area contributed by atoms with Crippen LogP contribution in [0.3, 0.4) is 0 Å². The Morgan fingerprint density at radius 3 is 2.42 bits per heavy atom. The van der Waals surface area contributed by atoms with Crippen molar-refractivity contribution in [2.24, 2.45) is 5.92 Å². The molecule has 12 heavy (non-hydrogen) atoms. The van der Waals surface area contributed by atoms with E-state index in [1.807, 2.05) is 0 Å². The fourth-order valence-corrected chi connectivity index (χ4v) is 2.74. The normalized spacial score (nSPS) is 15.6. The molecule has 0 amide bonds. The summed E-state index contributed by atoms with van der Waals surface area (Å²) < 4.78 is 1.18. The van der Waals surface area contributed by atoms with E-state index < -0.39 is 0 Å². The second kappa shape index (κ2) is 5.22. The molecule has 0 radical (unpaired) electrons. The minimum absolute atomic E-state index is 0.496. The second-order valence-electron chi connectivity index (χ2n) is 2.94. The summed E-state index contributed by atoms with van der Waals surface area (Å²) in [6.07, 6.45) is 0. The van der Waals surface area contributed by atoms with Crippen molar-refractivity contribution < 1.29 is 0 Å². The third-order valence-electron chi connectivity index (χ3n) is 1.86. The Bertz CT molecular complexity index is 223. The molecule has 1 aromatic carbocycles. The van der Waals surface area contributed by atoms with Gasteiger partial charge < -0.3 is 0 Å². The standard InChI is InChI=1S/C10H12BrI/c1-8(7-12)10(11)9-5-3-2-4-6-9/h2-6,8,10H,7H2,1H3. The van der Waals surface area contributed by atoms with E-state index in [-0.39, 0.29) is 0 Å². The number of alkyl halides is 2. The van der Waals surface area contributed by atoms with Gasteiger partial charge in [0.1, 0.15) is 0 Å². The first-order chi connectivity index (χ1) is 5.75. The quantitative estimate of drug-likeness (QED) is 0.572. The highest BCUT2D eigenvalue weighted by Crippen LogP contribution is 2.31. The van der Waals surface area contributed by atoms with Gasteiger partial charge >= 0.3 is 0 Å². The van der Waals surface area contributed by atoms with Crippen molar-refractivity contribution in [3.8, 4) is 0 Å². The topological polar surface area (TPSA) is 0 Å². The molecule has 0 aliphatic heterocycles. The molecule has 0 aliphatic carbocycles. The summed E-state index contributed by atoms with van der Waals surface area (Å²) in [5, 5.41) is 0. The zero-order valence-corrected chi connectivity index (χ0v) is 10.7.